The van der Waals surface area contributed by atoms with Gasteiger partial charge in [-0.1, -0.05) is 0 Å². The van der Waals surface area contributed by atoms with E-state index in [2.05, 4.69) is 16.3 Å². The summed E-state index contributed by atoms with van der Waals surface area (Å²) in [6.07, 6.45) is 0.891. The zero-order chi connectivity index (χ0) is 18.0. The highest BCUT2D eigenvalue weighted by Gasteiger charge is 2.35. The molecule has 1 atom stereocenters. The minimum Gasteiger partial charge on any atom is -0.495 e. The number of carbonyl (C=O) groups excluding carboxylic acids is 1. The summed E-state index contributed by atoms with van der Waals surface area (Å²) >= 11 is 0. The molecule has 1 fully saturated rings. The van der Waals surface area contributed by atoms with E-state index in [0.29, 0.717) is 19.4 Å². The van der Waals surface area contributed by atoms with Crippen molar-refractivity contribution in [2.75, 3.05) is 49.6 Å². The van der Waals surface area contributed by atoms with Crippen LogP contribution in [0.5, 0.6) is 5.75 Å². The maximum Gasteiger partial charge on any atom is 0.316 e. The molecule has 0 bridgehead atoms. The quantitative estimate of drug-likeness (QED) is 0.794. The molecule has 136 valence electrons. The van der Waals surface area contributed by atoms with Crippen molar-refractivity contribution >= 4 is 23.3 Å². The first kappa shape index (κ1) is 17.5. The van der Waals surface area contributed by atoms with Crippen LogP contribution >= 0.6 is 0 Å². The van der Waals surface area contributed by atoms with Crippen LogP contribution in [0.2, 0.25) is 0 Å². The molecule has 1 unspecified atom stereocenters. The smallest absolute Gasteiger partial charge is 0.316 e. The Hall–Kier alpha value is -2.28. The normalized spacial score (nSPS) is 20.9. The molecule has 0 spiro atoms. The van der Waals surface area contributed by atoms with Crippen LogP contribution in [0.15, 0.2) is 12.1 Å². The van der Waals surface area contributed by atoms with Crippen molar-refractivity contribution < 1.29 is 19.4 Å². The molecular weight excluding hydrogens is 322 g/mol. The maximum atomic E-state index is 12.7. The second kappa shape index (κ2) is 7.31. The number of nitrogens with zero attached hydrogens (tertiary/aromatic N) is 2. The number of hydrogen-bond acceptors (Lipinski definition) is 5. The lowest BCUT2D eigenvalue weighted by Crippen LogP contribution is -2.43. The lowest BCUT2D eigenvalue weighted by atomic mass is 10.00. The fourth-order valence-electron chi connectivity index (χ4n) is 3.65. The number of methoxy groups -OCH3 is 1. The summed E-state index contributed by atoms with van der Waals surface area (Å²) < 4.78 is 5.59. The van der Waals surface area contributed by atoms with Gasteiger partial charge in [-0.2, -0.15) is 0 Å². The molecular formula is C18H25N3O4. The Labute approximate surface area is 147 Å². The third-order valence-electron chi connectivity index (χ3n) is 5.01. The number of rotatable bonds is 4. The van der Waals surface area contributed by atoms with E-state index >= 15 is 0 Å². The number of amides is 1. The molecule has 0 saturated carbocycles. The molecule has 2 aliphatic rings. The van der Waals surface area contributed by atoms with Crippen LogP contribution in [-0.4, -0.2) is 56.8 Å². The molecule has 0 radical (unpaired) electrons. The molecule has 1 saturated heterocycles. The van der Waals surface area contributed by atoms with Crippen LogP contribution in [0.3, 0.4) is 0 Å². The van der Waals surface area contributed by atoms with E-state index in [-0.39, 0.29) is 5.91 Å². The summed E-state index contributed by atoms with van der Waals surface area (Å²) in [4.78, 5) is 28.0. The Morgan fingerprint density at radius 3 is 2.64 bits per heavy atom. The van der Waals surface area contributed by atoms with Crippen LogP contribution in [-0.2, 0) is 16.0 Å². The SMILES string of the molecule is CCN1C(=O)C(C(=O)O)CCc2cc(N3CCNCC3)c(OC)cc21. The number of carbonyl (C=O) groups is 2. The molecule has 25 heavy (non-hydrogen) atoms. The number of carboxylic acid groups (broad SMARTS) is 1. The van der Waals surface area contributed by atoms with Gasteiger partial charge >= 0.3 is 5.97 Å². The molecule has 0 aliphatic carbocycles. The van der Waals surface area contributed by atoms with Gasteiger partial charge in [0.05, 0.1) is 18.5 Å². The highest BCUT2D eigenvalue weighted by molar-refractivity contribution is 6.07. The van der Waals surface area contributed by atoms with Crippen LogP contribution < -0.4 is 19.9 Å². The average molecular weight is 347 g/mol. The van der Waals surface area contributed by atoms with Gasteiger partial charge in [0, 0.05) is 38.8 Å². The van der Waals surface area contributed by atoms with E-state index in [0.717, 1.165) is 48.9 Å². The van der Waals surface area contributed by atoms with Gasteiger partial charge in [-0.15, -0.1) is 0 Å². The predicted molar refractivity (Wildman–Crippen MR) is 95.6 cm³/mol. The topological polar surface area (TPSA) is 82.1 Å². The monoisotopic (exact) mass is 347 g/mol. The number of hydrogen-bond donors (Lipinski definition) is 2. The summed E-state index contributed by atoms with van der Waals surface area (Å²) in [5, 5.41) is 12.7. The molecule has 1 aromatic carbocycles. The second-order valence-corrected chi connectivity index (χ2v) is 6.40. The van der Waals surface area contributed by atoms with Crippen molar-refractivity contribution in [1.29, 1.82) is 0 Å². The lowest BCUT2D eigenvalue weighted by Gasteiger charge is -2.32. The molecule has 7 heteroatoms. The number of ether oxygens (including phenoxy) is 1. The summed E-state index contributed by atoms with van der Waals surface area (Å²) in [7, 11) is 1.63. The minimum atomic E-state index is -1.05. The van der Waals surface area contributed by atoms with Gasteiger partial charge in [0.2, 0.25) is 5.91 Å². The molecule has 1 aromatic rings. The van der Waals surface area contributed by atoms with Gasteiger partial charge in [0.15, 0.2) is 0 Å². The molecule has 3 rings (SSSR count). The molecule has 2 aliphatic heterocycles. The standard InChI is InChI=1S/C18H25N3O4/c1-3-21-14-11-16(25-2)15(20-8-6-19-7-9-20)10-12(14)4-5-13(17(21)22)18(23)24/h10-11,13,19H,3-9H2,1-2H3,(H,23,24). The van der Waals surface area contributed by atoms with E-state index in [1.54, 1.807) is 12.0 Å². The summed E-state index contributed by atoms with van der Waals surface area (Å²) in [6, 6.07) is 3.96. The van der Waals surface area contributed by atoms with E-state index < -0.39 is 11.9 Å². The fourth-order valence-corrected chi connectivity index (χ4v) is 3.65. The predicted octanol–water partition coefficient (Wildman–Crippen LogP) is 1.10. The lowest BCUT2D eigenvalue weighted by molar-refractivity contribution is -0.146. The second-order valence-electron chi connectivity index (χ2n) is 6.40. The highest BCUT2D eigenvalue weighted by atomic mass is 16.5. The van der Waals surface area contributed by atoms with Gasteiger partial charge in [-0.05, 0) is 31.4 Å². The Morgan fingerprint density at radius 1 is 1.32 bits per heavy atom. The Kier molecular flexibility index (Phi) is 5.13. The van der Waals surface area contributed by atoms with Gasteiger partial charge in [-0.3, -0.25) is 9.59 Å². The van der Waals surface area contributed by atoms with E-state index in [4.69, 9.17) is 4.74 Å². The molecule has 2 N–H and O–H groups in total. The third-order valence-corrected chi connectivity index (χ3v) is 5.01. The van der Waals surface area contributed by atoms with E-state index in [9.17, 15) is 14.7 Å². The molecule has 7 nitrogen and oxygen atoms in total. The van der Waals surface area contributed by atoms with Crippen molar-refractivity contribution in [2.24, 2.45) is 5.92 Å². The number of benzene rings is 1. The van der Waals surface area contributed by atoms with E-state index in [1.807, 2.05) is 13.0 Å². The van der Waals surface area contributed by atoms with Gasteiger partial charge in [-0.25, -0.2) is 0 Å². The molecule has 2 heterocycles. The number of aryl methyl sites for hydroxylation is 1. The first-order chi connectivity index (χ1) is 12.1. The number of nitrogens with one attached hydrogen (secondary N) is 1. The third kappa shape index (κ3) is 3.28. The van der Waals surface area contributed by atoms with Crippen molar-refractivity contribution in [3.8, 4) is 5.75 Å². The Bertz CT molecular complexity index is 671. The van der Waals surface area contributed by atoms with Crippen molar-refractivity contribution in [1.82, 2.24) is 5.32 Å². The summed E-state index contributed by atoms with van der Waals surface area (Å²) in [5.74, 6) is -1.65. The largest absolute Gasteiger partial charge is 0.495 e. The Balaban J connectivity index is 2.04. The minimum absolute atomic E-state index is 0.324. The van der Waals surface area contributed by atoms with Crippen molar-refractivity contribution in [3.05, 3.63) is 17.7 Å². The number of piperazine rings is 1. The molecule has 1 amide bonds. The summed E-state index contributed by atoms with van der Waals surface area (Å²) in [6.45, 7) is 5.92. The van der Waals surface area contributed by atoms with Crippen LogP contribution in [0.4, 0.5) is 11.4 Å². The first-order valence-corrected chi connectivity index (χ1v) is 8.77. The van der Waals surface area contributed by atoms with Crippen LogP contribution in [0.25, 0.3) is 0 Å². The van der Waals surface area contributed by atoms with Gasteiger partial charge < -0.3 is 25.0 Å². The highest BCUT2D eigenvalue weighted by Crippen LogP contribution is 2.39. The van der Waals surface area contributed by atoms with Crippen molar-refractivity contribution in [2.45, 2.75) is 19.8 Å². The maximum absolute atomic E-state index is 12.7. The molecule has 0 aromatic heterocycles. The zero-order valence-corrected chi connectivity index (χ0v) is 14.7. The number of aliphatic carboxylic acids is 1. The number of anilines is 2. The number of fused-ring (bicyclic) bond motifs is 1. The fraction of sp³-hybridized carbons (Fsp3) is 0.556. The van der Waals surface area contributed by atoms with Gasteiger partial charge in [0.25, 0.3) is 0 Å². The zero-order valence-electron chi connectivity index (χ0n) is 14.7. The van der Waals surface area contributed by atoms with Crippen LogP contribution in [0.1, 0.15) is 18.9 Å². The first-order valence-electron chi connectivity index (χ1n) is 8.77. The van der Waals surface area contributed by atoms with Gasteiger partial charge in [0.1, 0.15) is 11.7 Å². The average Bonchev–Trinajstić information content (AvgIpc) is 2.76. The van der Waals surface area contributed by atoms with Crippen molar-refractivity contribution in [3.63, 3.8) is 0 Å². The summed E-state index contributed by atoms with van der Waals surface area (Å²) in [5.41, 5.74) is 2.79. The Morgan fingerprint density at radius 2 is 2.04 bits per heavy atom. The number of carboxylic acids is 1. The van der Waals surface area contributed by atoms with Crippen LogP contribution in [0, 0.1) is 5.92 Å². The van der Waals surface area contributed by atoms with E-state index in [1.165, 1.54) is 0 Å².